The number of aromatic hydroxyl groups is 1. The Labute approximate surface area is 99.7 Å². The maximum Gasteiger partial charge on any atom is 0.133 e. The van der Waals surface area contributed by atoms with Gasteiger partial charge in [-0.15, -0.1) is 12.4 Å². The Morgan fingerprint density at radius 3 is 2.75 bits per heavy atom. The van der Waals surface area contributed by atoms with Gasteiger partial charge in [-0.25, -0.2) is 0 Å². The summed E-state index contributed by atoms with van der Waals surface area (Å²) in [5, 5.41) is 28.2. The third-order valence-electron chi connectivity index (χ3n) is 2.89. The molecule has 4 nitrogen and oxygen atoms in total. The number of phenolic OH excluding ortho intramolecular Hbond substituents is 1. The summed E-state index contributed by atoms with van der Waals surface area (Å²) < 4.78 is 0. The number of hydrogen-bond acceptors (Lipinski definition) is 4. The van der Waals surface area contributed by atoms with Crippen molar-refractivity contribution in [3.63, 3.8) is 0 Å². The average molecular weight is 241 g/mol. The quantitative estimate of drug-likeness (QED) is 0.631. The van der Waals surface area contributed by atoms with Crippen molar-refractivity contribution in [2.75, 3.05) is 0 Å². The van der Waals surface area contributed by atoms with E-state index in [0.717, 1.165) is 5.56 Å². The minimum atomic E-state index is -0.735. The Bertz CT molecular complexity index is 442. The van der Waals surface area contributed by atoms with Crippen LogP contribution in [0, 0.1) is 11.3 Å². The fourth-order valence-electron chi connectivity index (χ4n) is 2.02. The number of rotatable bonds is 0. The third kappa shape index (κ3) is 1.85. The predicted molar refractivity (Wildman–Crippen MR) is 61.3 cm³/mol. The fraction of sp³-hybridized carbons (Fsp3) is 0.364. The van der Waals surface area contributed by atoms with Gasteiger partial charge in [0.1, 0.15) is 11.8 Å². The van der Waals surface area contributed by atoms with Gasteiger partial charge in [-0.2, -0.15) is 5.26 Å². The molecule has 2 rings (SSSR count). The van der Waals surface area contributed by atoms with E-state index in [0.29, 0.717) is 18.4 Å². The van der Waals surface area contributed by atoms with Gasteiger partial charge in [0.05, 0.1) is 11.7 Å². The molecule has 0 unspecified atom stereocenters. The third-order valence-corrected chi connectivity index (χ3v) is 2.89. The van der Waals surface area contributed by atoms with E-state index < -0.39 is 6.10 Å². The van der Waals surface area contributed by atoms with E-state index in [1.807, 2.05) is 6.07 Å². The second-order valence-corrected chi connectivity index (χ2v) is 3.79. The summed E-state index contributed by atoms with van der Waals surface area (Å²) in [4.78, 5) is 0. The summed E-state index contributed by atoms with van der Waals surface area (Å²) in [6.07, 6.45) is 0.526. The van der Waals surface area contributed by atoms with Crippen molar-refractivity contribution < 1.29 is 10.2 Å². The smallest absolute Gasteiger partial charge is 0.133 e. The minimum absolute atomic E-state index is 0. The number of fused-ring (bicyclic) bond motifs is 1. The molecule has 4 N–H and O–H groups in total. The van der Waals surface area contributed by atoms with Gasteiger partial charge in [-0.3, -0.25) is 0 Å². The van der Waals surface area contributed by atoms with Crippen LogP contribution in [0.5, 0.6) is 5.75 Å². The van der Waals surface area contributed by atoms with Crippen LogP contribution in [0.25, 0.3) is 0 Å². The minimum Gasteiger partial charge on any atom is -0.507 e. The van der Waals surface area contributed by atoms with Crippen LogP contribution < -0.4 is 5.73 Å². The van der Waals surface area contributed by atoms with E-state index in [4.69, 9.17) is 11.0 Å². The first kappa shape index (κ1) is 12.8. The molecule has 0 saturated carbocycles. The molecule has 0 spiro atoms. The highest BCUT2D eigenvalue weighted by Crippen LogP contribution is 2.34. The number of nitrogens with zero attached hydrogens (tertiary/aromatic N) is 1. The molecule has 16 heavy (non-hydrogen) atoms. The highest BCUT2D eigenvalue weighted by atomic mass is 35.5. The van der Waals surface area contributed by atoms with Crippen molar-refractivity contribution in [3.05, 3.63) is 28.8 Å². The molecule has 86 valence electrons. The van der Waals surface area contributed by atoms with Crippen molar-refractivity contribution in [3.8, 4) is 11.8 Å². The lowest BCUT2D eigenvalue weighted by atomic mass is 9.83. The van der Waals surface area contributed by atoms with Crippen LogP contribution in [0.1, 0.15) is 29.2 Å². The first-order chi connectivity index (χ1) is 7.15. The average Bonchev–Trinajstić information content (AvgIpc) is 2.23. The van der Waals surface area contributed by atoms with Crippen molar-refractivity contribution in [2.45, 2.75) is 25.0 Å². The zero-order chi connectivity index (χ0) is 11.0. The van der Waals surface area contributed by atoms with E-state index in [1.165, 1.54) is 6.07 Å². The van der Waals surface area contributed by atoms with Gasteiger partial charge < -0.3 is 15.9 Å². The standard InChI is InChI=1S/C11H12N2O2.ClH/c12-5-8-6-1-3-9(13)11(15)7(6)2-4-10(8)14;/h2,4,9,11,14-15H,1,3,13H2;1H/t9-,11-;/m0./s1. The zero-order valence-corrected chi connectivity index (χ0v) is 9.37. The molecule has 0 aliphatic heterocycles. The van der Waals surface area contributed by atoms with Gasteiger partial charge in [0, 0.05) is 6.04 Å². The molecule has 1 aliphatic rings. The Balaban J connectivity index is 0.00000128. The molecule has 0 fully saturated rings. The van der Waals surface area contributed by atoms with Crippen LogP contribution in [0.4, 0.5) is 0 Å². The summed E-state index contributed by atoms with van der Waals surface area (Å²) in [7, 11) is 0. The largest absolute Gasteiger partial charge is 0.507 e. The molecule has 1 aliphatic carbocycles. The van der Waals surface area contributed by atoms with Gasteiger partial charge in [-0.05, 0) is 30.0 Å². The van der Waals surface area contributed by atoms with Gasteiger partial charge in [0.15, 0.2) is 0 Å². The molecule has 0 radical (unpaired) electrons. The van der Waals surface area contributed by atoms with Crippen LogP contribution in [-0.4, -0.2) is 16.3 Å². The van der Waals surface area contributed by atoms with Gasteiger partial charge in [0.25, 0.3) is 0 Å². The number of benzene rings is 1. The molecular weight excluding hydrogens is 228 g/mol. The summed E-state index contributed by atoms with van der Waals surface area (Å²) >= 11 is 0. The topological polar surface area (TPSA) is 90.3 Å². The van der Waals surface area contributed by atoms with Crippen molar-refractivity contribution >= 4 is 12.4 Å². The van der Waals surface area contributed by atoms with Crippen molar-refractivity contribution in [1.29, 1.82) is 5.26 Å². The van der Waals surface area contributed by atoms with Crippen LogP contribution >= 0.6 is 12.4 Å². The van der Waals surface area contributed by atoms with Crippen LogP contribution in [-0.2, 0) is 6.42 Å². The van der Waals surface area contributed by atoms with Crippen molar-refractivity contribution in [2.24, 2.45) is 5.73 Å². The Kier molecular flexibility index (Phi) is 3.76. The highest BCUT2D eigenvalue weighted by Gasteiger charge is 2.27. The lowest BCUT2D eigenvalue weighted by molar-refractivity contribution is 0.133. The number of nitriles is 1. The first-order valence-electron chi connectivity index (χ1n) is 4.83. The number of nitrogens with two attached hydrogens (primary N) is 1. The number of aliphatic hydroxyl groups excluding tert-OH is 1. The molecule has 1 aromatic rings. The van der Waals surface area contributed by atoms with Crippen LogP contribution in [0.3, 0.4) is 0 Å². The summed E-state index contributed by atoms with van der Waals surface area (Å²) in [5.74, 6) is -0.0288. The lowest BCUT2D eigenvalue weighted by Gasteiger charge is -2.27. The maximum absolute atomic E-state index is 9.82. The summed E-state index contributed by atoms with van der Waals surface area (Å²) in [5.41, 5.74) is 7.39. The molecule has 5 heteroatoms. The maximum atomic E-state index is 9.82. The molecule has 0 aromatic heterocycles. The second kappa shape index (κ2) is 4.71. The van der Waals surface area contributed by atoms with E-state index in [9.17, 15) is 10.2 Å². The van der Waals surface area contributed by atoms with E-state index >= 15 is 0 Å². The monoisotopic (exact) mass is 240 g/mol. The van der Waals surface area contributed by atoms with E-state index in [1.54, 1.807) is 6.07 Å². The van der Waals surface area contributed by atoms with Crippen LogP contribution in [0.2, 0.25) is 0 Å². The first-order valence-corrected chi connectivity index (χ1v) is 4.83. The van der Waals surface area contributed by atoms with Crippen LogP contribution in [0.15, 0.2) is 12.1 Å². The SMILES string of the molecule is Cl.N#Cc1c(O)ccc2c1CC[C@H](N)[C@H]2O. The van der Waals surface area contributed by atoms with Gasteiger partial charge >= 0.3 is 0 Å². The van der Waals surface area contributed by atoms with E-state index in [-0.39, 0.29) is 29.8 Å². The normalized spacial score (nSPS) is 22.8. The second-order valence-electron chi connectivity index (χ2n) is 3.79. The number of phenols is 1. The van der Waals surface area contributed by atoms with Gasteiger partial charge in [0.2, 0.25) is 0 Å². The highest BCUT2D eigenvalue weighted by molar-refractivity contribution is 5.85. The molecular formula is C11H13ClN2O2. The Morgan fingerprint density at radius 1 is 1.44 bits per heavy atom. The summed E-state index contributed by atoms with van der Waals surface area (Å²) in [6.45, 7) is 0. The zero-order valence-electron chi connectivity index (χ0n) is 8.55. The number of hydrogen-bond donors (Lipinski definition) is 3. The molecule has 0 heterocycles. The molecule has 0 amide bonds. The predicted octanol–water partition coefficient (Wildman–Crippen LogP) is 0.993. The van der Waals surface area contributed by atoms with Crippen molar-refractivity contribution in [1.82, 2.24) is 0 Å². The number of aliphatic hydroxyl groups is 1. The number of halogens is 1. The van der Waals surface area contributed by atoms with E-state index in [2.05, 4.69) is 0 Å². The molecule has 0 bridgehead atoms. The Hall–Kier alpha value is -1.28. The van der Waals surface area contributed by atoms with Gasteiger partial charge in [-0.1, -0.05) is 6.07 Å². The lowest BCUT2D eigenvalue weighted by Crippen LogP contribution is -2.33. The molecule has 1 aromatic carbocycles. The molecule has 2 atom stereocenters. The molecule has 0 saturated heterocycles. The Morgan fingerprint density at radius 2 is 2.12 bits per heavy atom. The summed E-state index contributed by atoms with van der Waals surface area (Å²) in [6, 6.07) is 4.74. The fourth-order valence-corrected chi connectivity index (χ4v) is 2.02.